The molecule has 5 heteroatoms. The second-order valence-corrected chi connectivity index (χ2v) is 5.77. The first-order valence-electron chi connectivity index (χ1n) is 7.28. The van der Waals surface area contributed by atoms with E-state index < -0.39 is 0 Å². The van der Waals surface area contributed by atoms with Crippen LogP contribution in [0.15, 0.2) is 35.8 Å². The van der Waals surface area contributed by atoms with E-state index in [-0.39, 0.29) is 11.9 Å². The first-order valence-corrected chi connectivity index (χ1v) is 8.16. The summed E-state index contributed by atoms with van der Waals surface area (Å²) in [5.41, 5.74) is 0.592. The molecular weight excluding hydrogens is 282 g/mol. The molecule has 0 saturated carbocycles. The Kier molecular flexibility index (Phi) is 5.75. The lowest BCUT2D eigenvalue weighted by Crippen LogP contribution is -2.28. The molecule has 0 aliphatic rings. The van der Waals surface area contributed by atoms with Gasteiger partial charge in [0, 0.05) is 17.6 Å². The van der Waals surface area contributed by atoms with E-state index in [0.717, 1.165) is 25.2 Å². The van der Waals surface area contributed by atoms with E-state index in [1.807, 2.05) is 24.4 Å². The number of anilines is 1. The summed E-state index contributed by atoms with van der Waals surface area (Å²) in [6, 6.07) is 7.80. The predicted molar refractivity (Wildman–Crippen MR) is 87.8 cm³/mol. The van der Waals surface area contributed by atoms with Gasteiger partial charge in [-0.05, 0) is 36.9 Å². The quantitative estimate of drug-likeness (QED) is 0.817. The highest BCUT2D eigenvalue weighted by atomic mass is 32.1. The Labute approximate surface area is 129 Å². The van der Waals surface area contributed by atoms with Gasteiger partial charge >= 0.3 is 0 Å². The van der Waals surface area contributed by atoms with Crippen molar-refractivity contribution in [2.45, 2.75) is 32.7 Å². The normalized spacial score (nSPS) is 11.9. The Morgan fingerprint density at radius 2 is 2.19 bits per heavy atom. The SMILES string of the molecule is CCCC(NC(=O)c1ccc(NCC)nc1)c1cccs1. The van der Waals surface area contributed by atoms with Crippen LogP contribution in [0.25, 0.3) is 0 Å². The molecule has 0 radical (unpaired) electrons. The largest absolute Gasteiger partial charge is 0.370 e. The summed E-state index contributed by atoms with van der Waals surface area (Å²) in [4.78, 5) is 17.8. The standard InChI is InChI=1S/C16H21N3OS/c1-3-6-13(14-7-5-10-21-14)19-16(20)12-8-9-15(17-4-2)18-11-12/h5,7-11,13H,3-4,6H2,1-2H3,(H,17,18)(H,19,20). The molecule has 0 aromatic carbocycles. The van der Waals surface area contributed by atoms with Crippen LogP contribution in [0.3, 0.4) is 0 Å². The molecule has 112 valence electrons. The van der Waals surface area contributed by atoms with Crippen molar-refractivity contribution in [2.24, 2.45) is 0 Å². The molecule has 0 spiro atoms. The number of amides is 1. The minimum Gasteiger partial charge on any atom is -0.370 e. The maximum Gasteiger partial charge on any atom is 0.253 e. The van der Waals surface area contributed by atoms with Gasteiger partial charge in [0.15, 0.2) is 0 Å². The molecule has 0 aliphatic heterocycles. The highest BCUT2D eigenvalue weighted by Crippen LogP contribution is 2.23. The van der Waals surface area contributed by atoms with Crippen molar-refractivity contribution in [2.75, 3.05) is 11.9 Å². The predicted octanol–water partition coefficient (Wildman–Crippen LogP) is 3.85. The van der Waals surface area contributed by atoms with E-state index in [9.17, 15) is 4.79 Å². The molecule has 0 saturated heterocycles. The summed E-state index contributed by atoms with van der Waals surface area (Å²) in [5.74, 6) is 0.717. The molecule has 2 aromatic rings. The fraction of sp³-hybridized carbons (Fsp3) is 0.375. The average Bonchev–Trinajstić information content (AvgIpc) is 3.02. The van der Waals surface area contributed by atoms with Crippen molar-refractivity contribution in [1.29, 1.82) is 0 Å². The molecule has 2 N–H and O–H groups in total. The summed E-state index contributed by atoms with van der Waals surface area (Å²) >= 11 is 1.68. The van der Waals surface area contributed by atoms with Gasteiger partial charge in [-0.15, -0.1) is 11.3 Å². The summed E-state index contributed by atoms with van der Waals surface area (Å²) in [7, 11) is 0. The van der Waals surface area contributed by atoms with Crippen LogP contribution in [0.5, 0.6) is 0 Å². The van der Waals surface area contributed by atoms with E-state index in [1.54, 1.807) is 23.6 Å². The molecular formula is C16H21N3OS. The Balaban J connectivity index is 2.04. The number of rotatable bonds is 7. The zero-order valence-electron chi connectivity index (χ0n) is 12.4. The van der Waals surface area contributed by atoms with Crippen LogP contribution in [0.4, 0.5) is 5.82 Å². The fourth-order valence-electron chi connectivity index (χ4n) is 2.12. The maximum absolute atomic E-state index is 12.3. The van der Waals surface area contributed by atoms with Gasteiger partial charge in [0.1, 0.15) is 5.82 Å². The zero-order chi connectivity index (χ0) is 15.1. The number of aromatic nitrogens is 1. The van der Waals surface area contributed by atoms with Crippen LogP contribution in [0, 0.1) is 0 Å². The molecule has 0 fully saturated rings. The van der Waals surface area contributed by atoms with Crippen molar-refractivity contribution < 1.29 is 4.79 Å². The molecule has 1 unspecified atom stereocenters. The third-order valence-corrected chi connectivity index (χ3v) is 4.14. The van der Waals surface area contributed by atoms with Crippen molar-refractivity contribution in [3.05, 3.63) is 46.3 Å². The molecule has 1 amide bonds. The highest BCUT2D eigenvalue weighted by molar-refractivity contribution is 7.10. The number of nitrogens with one attached hydrogen (secondary N) is 2. The third-order valence-electron chi connectivity index (χ3n) is 3.15. The minimum absolute atomic E-state index is 0.0719. The van der Waals surface area contributed by atoms with E-state index in [1.165, 1.54) is 4.88 Å². The lowest BCUT2D eigenvalue weighted by molar-refractivity contribution is 0.0935. The van der Waals surface area contributed by atoms with E-state index in [4.69, 9.17) is 0 Å². The average molecular weight is 303 g/mol. The van der Waals surface area contributed by atoms with Crippen LogP contribution in [-0.2, 0) is 0 Å². The van der Waals surface area contributed by atoms with Gasteiger partial charge in [0.25, 0.3) is 5.91 Å². The molecule has 2 heterocycles. The summed E-state index contributed by atoms with van der Waals surface area (Å²) < 4.78 is 0. The Hall–Kier alpha value is -1.88. The highest BCUT2D eigenvalue weighted by Gasteiger charge is 2.16. The summed E-state index contributed by atoms with van der Waals surface area (Å²) in [5, 5.41) is 8.25. The van der Waals surface area contributed by atoms with Crippen molar-refractivity contribution >= 4 is 23.1 Å². The number of hydrogen-bond donors (Lipinski definition) is 2. The molecule has 0 aliphatic carbocycles. The first-order chi connectivity index (χ1) is 10.2. The van der Waals surface area contributed by atoms with Gasteiger partial charge in [-0.3, -0.25) is 4.79 Å². The molecule has 1 atom stereocenters. The van der Waals surface area contributed by atoms with Gasteiger partial charge < -0.3 is 10.6 Å². The smallest absolute Gasteiger partial charge is 0.253 e. The molecule has 2 aromatic heterocycles. The number of nitrogens with zero attached hydrogens (tertiary/aromatic N) is 1. The molecule has 21 heavy (non-hydrogen) atoms. The van der Waals surface area contributed by atoms with Crippen LogP contribution in [0.2, 0.25) is 0 Å². The second kappa shape index (κ2) is 7.78. The van der Waals surface area contributed by atoms with Gasteiger partial charge in [0.2, 0.25) is 0 Å². The Morgan fingerprint density at radius 3 is 2.76 bits per heavy atom. The number of thiophene rings is 1. The number of carbonyl (C=O) groups is 1. The van der Waals surface area contributed by atoms with Gasteiger partial charge in [-0.1, -0.05) is 19.4 Å². The monoisotopic (exact) mass is 303 g/mol. The number of carbonyl (C=O) groups excluding carboxylic acids is 1. The maximum atomic E-state index is 12.3. The molecule has 2 rings (SSSR count). The van der Waals surface area contributed by atoms with E-state index in [2.05, 4.69) is 28.6 Å². The van der Waals surface area contributed by atoms with Crippen LogP contribution in [-0.4, -0.2) is 17.4 Å². The summed E-state index contributed by atoms with van der Waals surface area (Å²) in [6.45, 7) is 4.95. The lowest BCUT2D eigenvalue weighted by Gasteiger charge is -2.16. The van der Waals surface area contributed by atoms with Crippen molar-refractivity contribution in [3.8, 4) is 0 Å². The second-order valence-electron chi connectivity index (χ2n) is 4.79. The fourth-order valence-corrected chi connectivity index (χ4v) is 2.93. The topological polar surface area (TPSA) is 54.0 Å². The molecule has 0 bridgehead atoms. The number of hydrogen-bond acceptors (Lipinski definition) is 4. The van der Waals surface area contributed by atoms with Crippen molar-refractivity contribution in [1.82, 2.24) is 10.3 Å². The first kappa shape index (κ1) is 15.5. The zero-order valence-corrected chi connectivity index (χ0v) is 13.2. The van der Waals surface area contributed by atoms with Crippen LogP contribution in [0.1, 0.15) is 48.0 Å². The minimum atomic E-state index is -0.0719. The summed E-state index contributed by atoms with van der Waals surface area (Å²) in [6.07, 6.45) is 3.58. The van der Waals surface area contributed by atoms with Crippen LogP contribution >= 0.6 is 11.3 Å². The number of pyridine rings is 1. The van der Waals surface area contributed by atoms with Gasteiger partial charge in [0.05, 0.1) is 11.6 Å². The lowest BCUT2D eigenvalue weighted by atomic mass is 10.1. The van der Waals surface area contributed by atoms with E-state index >= 15 is 0 Å². The van der Waals surface area contributed by atoms with Gasteiger partial charge in [-0.25, -0.2) is 4.98 Å². The van der Waals surface area contributed by atoms with E-state index in [0.29, 0.717) is 5.56 Å². The van der Waals surface area contributed by atoms with Gasteiger partial charge in [-0.2, -0.15) is 0 Å². The van der Waals surface area contributed by atoms with Crippen molar-refractivity contribution in [3.63, 3.8) is 0 Å². The Bertz CT molecular complexity index is 551. The molecule has 4 nitrogen and oxygen atoms in total. The third kappa shape index (κ3) is 4.29. The Morgan fingerprint density at radius 1 is 1.33 bits per heavy atom. The van der Waals surface area contributed by atoms with Crippen LogP contribution < -0.4 is 10.6 Å².